The fourth-order valence-electron chi connectivity index (χ4n) is 1.47. The van der Waals surface area contributed by atoms with Gasteiger partial charge in [-0.2, -0.15) is 0 Å². The molecule has 0 amide bonds. The van der Waals surface area contributed by atoms with Crippen molar-refractivity contribution in [1.29, 1.82) is 0 Å². The zero-order chi connectivity index (χ0) is 9.84. The summed E-state index contributed by atoms with van der Waals surface area (Å²) in [6, 6.07) is 4.55. The lowest BCUT2D eigenvalue weighted by atomic mass is 10.0. The minimum Gasteiger partial charge on any atom is -0.313 e. The van der Waals surface area contributed by atoms with Gasteiger partial charge in [0.2, 0.25) is 0 Å². The van der Waals surface area contributed by atoms with Gasteiger partial charge in [-0.25, -0.2) is 0 Å². The molecule has 0 spiro atoms. The van der Waals surface area contributed by atoms with Crippen molar-refractivity contribution in [1.82, 2.24) is 5.32 Å². The molecule has 0 radical (unpaired) electrons. The van der Waals surface area contributed by atoms with E-state index in [0.29, 0.717) is 0 Å². The Bertz CT molecular complexity index is 289. The average Bonchev–Trinajstić information content (AvgIpc) is 2.09. The lowest BCUT2D eigenvalue weighted by molar-refractivity contribution is 0.723. The molecule has 0 aliphatic heterocycles. The molecule has 0 heterocycles. The Kier molecular flexibility index (Phi) is 3.49. The van der Waals surface area contributed by atoms with Crippen LogP contribution in [0.3, 0.4) is 0 Å². The predicted octanol–water partition coefficient (Wildman–Crippen LogP) is 2.72. The van der Waals surface area contributed by atoms with E-state index >= 15 is 0 Å². The van der Waals surface area contributed by atoms with Crippen molar-refractivity contribution in [2.45, 2.75) is 34.2 Å². The highest BCUT2D eigenvalue weighted by Gasteiger charge is 2.00. The van der Waals surface area contributed by atoms with Crippen LogP contribution in [0.15, 0.2) is 12.1 Å². The van der Waals surface area contributed by atoms with Crippen molar-refractivity contribution in [2.75, 3.05) is 6.54 Å². The van der Waals surface area contributed by atoms with E-state index in [1.54, 1.807) is 0 Å². The van der Waals surface area contributed by atoms with E-state index in [9.17, 15) is 0 Å². The summed E-state index contributed by atoms with van der Waals surface area (Å²) in [6.45, 7) is 10.7. The SMILES string of the molecule is CCNCc1cc(C)c(C)cc1C. The van der Waals surface area contributed by atoms with Crippen molar-refractivity contribution in [3.63, 3.8) is 0 Å². The number of aryl methyl sites for hydroxylation is 3. The van der Waals surface area contributed by atoms with Crippen LogP contribution >= 0.6 is 0 Å². The van der Waals surface area contributed by atoms with Gasteiger partial charge in [0.15, 0.2) is 0 Å². The molecule has 0 aromatic heterocycles. The number of nitrogens with one attached hydrogen (secondary N) is 1. The molecule has 72 valence electrons. The van der Waals surface area contributed by atoms with E-state index in [1.165, 1.54) is 22.3 Å². The van der Waals surface area contributed by atoms with Crippen LogP contribution in [0.25, 0.3) is 0 Å². The van der Waals surface area contributed by atoms with E-state index in [2.05, 4.69) is 45.1 Å². The quantitative estimate of drug-likeness (QED) is 0.748. The smallest absolute Gasteiger partial charge is 0.0208 e. The highest BCUT2D eigenvalue weighted by atomic mass is 14.8. The minimum atomic E-state index is 0.990. The minimum absolute atomic E-state index is 0.990. The number of hydrogen-bond donors (Lipinski definition) is 1. The number of benzene rings is 1. The second kappa shape index (κ2) is 4.43. The number of rotatable bonds is 3. The maximum absolute atomic E-state index is 3.35. The van der Waals surface area contributed by atoms with Gasteiger partial charge in [0.05, 0.1) is 0 Å². The molecule has 1 nitrogen and oxygen atoms in total. The third kappa shape index (κ3) is 2.56. The van der Waals surface area contributed by atoms with E-state index in [-0.39, 0.29) is 0 Å². The average molecular weight is 177 g/mol. The Hall–Kier alpha value is -0.820. The van der Waals surface area contributed by atoms with Crippen molar-refractivity contribution < 1.29 is 0 Å². The van der Waals surface area contributed by atoms with E-state index in [4.69, 9.17) is 0 Å². The van der Waals surface area contributed by atoms with Crippen LogP contribution in [0, 0.1) is 20.8 Å². The Morgan fingerprint density at radius 1 is 1.00 bits per heavy atom. The van der Waals surface area contributed by atoms with Crippen LogP contribution < -0.4 is 5.32 Å². The fourth-order valence-corrected chi connectivity index (χ4v) is 1.47. The molecule has 1 heteroatoms. The molecule has 13 heavy (non-hydrogen) atoms. The van der Waals surface area contributed by atoms with Gasteiger partial charge < -0.3 is 5.32 Å². The van der Waals surface area contributed by atoms with Gasteiger partial charge in [-0.15, -0.1) is 0 Å². The first-order valence-electron chi connectivity index (χ1n) is 4.92. The lowest BCUT2D eigenvalue weighted by Crippen LogP contribution is -2.12. The van der Waals surface area contributed by atoms with Crippen molar-refractivity contribution in [2.24, 2.45) is 0 Å². The van der Waals surface area contributed by atoms with Crippen molar-refractivity contribution in [3.8, 4) is 0 Å². The maximum Gasteiger partial charge on any atom is 0.0208 e. The zero-order valence-corrected chi connectivity index (χ0v) is 9.07. The monoisotopic (exact) mass is 177 g/mol. The van der Waals surface area contributed by atoms with Crippen LogP contribution in [0.5, 0.6) is 0 Å². The summed E-state index contributed by atoms with van der Waals surface area (Å²) in [6.07, 6.45) is 0. The molecule has 0 atom stereocenters. The maximum atomic E-state index is 3.35. The molecular weight excluding hydrogens is 158 g/mol. The third-order valence-electron chi connectivity index (χ3n) is 2.52. The van der Waals surface area contributed by atoms with Crippen molar-refractivity contribution >= 4 is 0 Å². The molecule has 0 fully saturated rings. The Morgan fingerprint density at radius 2 is 1.62 bits per heavy atom. The normalized spacial score (nSPS) is 10.5. The Morgan fingerprint density at radius 3 is 2.23 bits per heavy atom. The highest BCUT2D eigenvalue weighted by Crippen LogP contribution is 2.14. The summed E-state index contributed by atoms with van der Waals surface area (Å²) in [5.74, 6) is 0. The first-order chi connectivity index (χ1) is 6.15. The van der Waals surface area contributed by atoms with Crippen LogP contribution in [-0.2, 0) is 6.54 Å². The summed E-state index contributed by atoms with van der Waals surface area (Å²) >= 11 is 0. The first kappa shape index (κ1) is 10.3. The van der Waals surface area contributed by atoms with Crippen molar-refractivity contribution in [3.05, 3.63) is 34.4 Å². The van der Waals surface area contributed by atoms with E-state index in [0.717, 1.165) is 13.1 Å². The third-order valence-corrected chi connectivity index (χ3v) is 2.52. The molecule has 0 bridgehead atoms. The van der Waals surface area contributed by atoms with E-state index < -0.39 is 0 Å². The molecule has 1 N–H and O–H groups in total. The second-order valence-electron chi connectivity index (χ2n) is 3.64. The molecule has 0 saturated carbocycles. The largest absolute Gasteiger partial charge is 0.313 e. The second-order valence-corrected chi connectivity index (χ2v) is 3.64. The highest BCUT2D eigenvalue weighted by molar-refractivity contribution is 5.36. The Balaban J connectivity index is 2.88. The molecule has 0 unspecified atom stereocenters. The van der Waals surface area contributed by atoms with Crippen LogP contribution in [0.4, 0.5) is 0 Å². The molecule has 1 aromatic rings. The van der Waals surface area contributed by atoms with Gasteiger partial charge >= 0.3 is 0 Å². The fraction of sp³-hybridized carbons (Fsp3) is 0.500. The summed E-state index contributed by atoms with van der Waals surface area (Å²) in [7, 11) is 0. The van der Waals surface area contributed by atoms with Gasteiger partial charge in [-0.3, -0.25) is 0 Å². The summed E-state index contributed by atoms with van der Waals surface area (Å²) in [5, 5.41) is 3.35. The topological polar surface area (TPSA) is 12.0 Å². The zero-order valence-electron chi connectivity index (χ0n) is 9.07. The Labute approximate surface area is 81.2 Å². The lowest BCUT2D eigenvalue weighted by Gasteiger charge is -2.09. The van der Waals surface area contributed by atoms with E-state index in [1.807, 2.05) is 0 Å². The van der Waals surface area contributed by atoms with Gasteiger partial charge in [-0.1, -0.05) is 19.1 Å². The van der Waals surface area contributed by atoms with Crippen LogP contribution in [-0.4, -0.2) is 6.54 Å². The first-order valence-corrected chi connectivity index (χ1v) is 4.92. The predicted molar refractivity (Wildman–Crippen MR) is 58.0 cm³/mol. The van der Waals surface area contributed by atoms with Gasteiger partial charge in [-0.05, 0) is 49.6 Å². The van der Waals surface area contributed by atoms with Gasteiger partial charge in [0, 0.05) is 6.54 Å². The summed E-state index contributed by atoms with van der Waals surface area (Å²) < 4.78 is 0. The molecular formula is C12H19N. The summed E-state index contributed by atoms with van der Waals surface area (Å²) in [4.78, 5) is 0. The molecule has 0 aliphatic carbocycles. The molecule has 1 rings (SSSR count). The summed E-state index contributed by atoms with van der Waals surface area (Å²) in [5.41, 5.74) is 5.59. The van der Waals surface area contributed by atoms with Gasteiger partial charge in [0.25, 0.3) is 0 Å². The molecule has 0 saturated heterocycles. The standard InChI is InChI=1S/C12H19N/c1-5-13-8-12-7-10(3)9(2)6-11(12)4/h6-7,13H,5,8H2,1-4H3. The molecule has 0 aliphatic rings. The molecule has 1 aromatic carbocycles. The van der Waals surface area contributed by atoms with Crippen LogP contribution in [0.1, 0.15) is 29.2 Å². The van der Waals surface area contributed by atoms with Gasteiger partial charge in [0.1, 0.15) is 0 Å². The van der Waals surface area contributed by atoms with Crippen LogP contribution in [0.2, 0.25) is 0 Å². The number of hydrogen-bond acceptors (Lipinski definition) is 1.